The van der Waals surface area contributed by atoms with Gasteiger partial charge in [0.2, 0.25) is 5.82 Å². The largest absolute Gasteiger partial charge is 0.451 e. The molecule has 0 aliphatic carbocycles. The Morgan fingerprint density at radius 1 is 0.955 bits per heavy atom. The van der Waals surface area contributed by atoms with Crippen LogP contribution in [0.15, 0.2) is 36.8 Å². The summed E-state index contributed by atoms with van der Waals surface area (Å²) in [5, 5.41) is 0.253. The number of alkyl halides is 3. The lowest BCUT2D eigenvalue weighted by Crippen LogP contribution is -2.10. The second kappa shape index (κ2) is 5.17. The maximum Gasteiger partial charge on any atom is 0.451 e. The molecule has 0 unspecified atom stereocenters. The van der Waals surface area contributed by atoms with E-state index < -0.39 is 17.8 Å². The Kier molecular flexibility index (Phi) is 3.32. The highest BCUT2D eigenvalue weighted by atomic mass is 19.4. The van der Waals surface area contributed by atoms with Crippen molar-refractivity contribution in [1.82, 2.24) is 19.9 Å². The van der Waals surface area contributed by atoms with Crippen molar-refractivity contribution in [2.24, 2.45) is 0 Å². The summed E-state index contributed by atoms with van der Waals surface area (Å²) in [4.78, 5) is 13.9. The molecule has 0 radical (unpaired) electrons. The average Bonchev–Trinajstić information content (AvgIpc) is 2.48. The SMILES string of the molecule is Fc1cnc(Oc2cccc3nc(C(F)(F)F)ncc23)nc1. The molecule has 0 atom stereocenters. The van der Waals surface area contributed by atoms with Gasteiger partial charge in [0.05, 0.1) is 23.3 Å². The molecule has 112 valence electrons. The van der Waals surface area contributed by atoms with Gasteiger partial charge in [0, 0.05) is 6.20 Å². The van der Waals surface area contributed by atoms with Crippen LogP contribution in [0.5, 0.6) is 11.8 Å². The Balaban J connectivity index is 2.02. The lowest BCUT2D eigenvalue weighted by molar-refractivity contribution is -0.144. The molecule has 5 nitrogen and oxygen atoms in total. The average molecular weight is 310 g/mol. The molecule has 9 heteroatoms. The monoisotopic (exact) mass is 310 g/mol. The number of hydrogen-bond acceptors (Lipinski definition) is 5. The summed E-state index contributed by atoms with van der Waals surface area (Å²) in [5.41, 5.74) is 0.0573. The van der Waals surface area contributed by atoms with Crippen LogP contribution >= 0.6 is 0 Å². The quantitative estimate of drug-likeness (QED) is 0.679. The molecule has 3 aromatic rings. The molecule has 1 aromatic carbocycles. The van der Waals surface area contributed by atoms with Crippen LogP contribution in [0.25, 0.3) is 10.9 Å². The van der Waals surface area contributed by atoms with Crippen LogP contribution in [-0.4, -0.2) is 19.9 Å². The Labute approximate surface area is 120 Å². The maximum absolute atomic E-state index is 12.7. The second-order valence-electron chi connectivity index (χ2n) is 4.17. The Hall–Kier alpha value is -2.84. The lowest BCUT2D eigenvalue weighted by Gasteiger charge is -2.09. The van der Waals surface area contributed by atoms with Crippen LogP contribution in [0.4, 0.5) is 17.6 Å². The first kappa shape index (κ1) is 14.1. The molecule has 22 heavy (non-hydrogen) atoms. The van der Waals surface area contributed by atoms with E-state index in [1.165, 1.54) is 18.2 Å². The molecule has 0 spiro atoms. The van der Waals surface area contributed by atoms with Gasteiger partial charge in [0.25, 0.3) is 0 Å². The molecule has 3 rings (SSSR count). The van der Waals surface area contributed by atoms with E-state index in [0.717, 1.165) is 18.6 Å². The van der Waals surface area contributed by atoms with Crippen LogP contribution in [0.2, 0.25) is 0 Å². The number of hydrogen-bond donors (Lipinski definition) is 0. The van der Waals surface area contributed by atoms with Gasteiger partial charge in [0.15, 0.2) is 5.82 Å². The van der Waals surface area contributed by atoms with Gasteiger partial charge in [0.1, 0.15) is 5.75 Å². The molecule has 0 saturated carbocycles. The van der Waals surface area contributed by atoms with Crippen molar-refractivity contribution in [3.63, 3.8) is 0 Å². The van der Waals surface area contributed by atoms with Crippen molar-refractivity contribution in [1.29, 1.82) is 0 Å². The van der Waals surface area contributed by atoms with E-state index in [1.807, 2.05) is 0 Å². The van der Waals surface area contributed by atoms with Crippen molar-refractivity contribution >= 4 is 10.9 Å². The zero-order chi connectivity index (χ0) is 15.7. The fourth-order valence-electron chi connectivity index (χ4n) is 1.71. The van der Waals surface area contributed by atoms with Crippen LogP contribution in [0, 0.1) is 5.82 Å². The fraction of sp³-hybridized carbons (Fsp3) is 0.0769. The first-order valence-corrected chi connectivity index (χ1v) is 5.92. The molecular formula is C13H6F4N4O. The first-order valence-electron chi connectivity index (χ1n) is 5.92. The highest BCUT2D eigenvalue weighted by Gasteiger charge is 2.34. The molecule has 0 N–H and O–H groups in total. The second-order valence-corrected chi connectivity index (χ2v) is 4.17. The molecule has 2 heterocycles. The van der Waals surface area contributed by atoms with Crippen LogP contribution < -0.4 is 4.74 Å². The third-order valence-corrected chi connectivity index (χ3v) is 2.64. The van der Waals surface area contributed by atoms with E-state index in [1.54, 1.807) is 0 Å². The molecular weight excluding hydrogens is 304 g/mol. The van der Waals surface area contributed by atoms with Crippen molar-refractivity contribution in [3.05, 3.63) is 48.4 Å². The molecule has 0 amide bonds. The van der Waals surface area contributed by atoms with Gasteiger partial charge in [-0.3, -0.25) is 0 Å². The summed E-state index contributed by atoms with van der Waals surface area (Å²) >= 11 is 0. The lowest BCUT2D eigenvalue weighted by atomic mass is 10.2. The van der Waals surface area contributed by atoms with Crippen LogP contribution in [-0.2, 0) is 6.18 Å². The van der Waals surface area contributed by atoms with Gasteiger partial charge in [-0.1, -0.05) is 6.07 Å². The van der Waals surface area contributed by atoms with Gasteiger partial charge < -0.3 is 4.74 Å². The van der Waals surface area contributed by atoms with Crippen molar-refractivity contribution in [2.75, 3.05) is 0 Å². The highest BCUT2D eigenvalue weighted by Crippen LogP contribution is 2.31. The van der Waals surface area contributed by atoms with Crippen LogP contribution in [0.1, 0.15) is 5.82 Å². The van der Waals surface area contributed by atoms with Crippen LogP contribution in [0.3, 0.4) is 0 Å². The van der Waals surface area contributed by atoms with Crippen molar-refractivity contribution in [2.45, 2.75) is 6.18 Å². The molecule has 0 aliphatic rings. The van der Waals surface area contributed by atoms with Gasteiger partial charge in [-0.15, -0.1) is 0 Å². The Morgan fingerprint density at radius 3 is 2.36 bits per heavy atom. The molecule has 0 aliphatic heterocycles. The van der Waals surface area contributed by atoms with Crippen molar-refractivity contribution < 1.29 is 22.3 Å². The summed E-state index contributed by atoms with van der Waals surface area (Å²) in [6, 6.07) is 4.21. The zero-order valence-electron chi connectivity index (χ0n) is 10.7. The summed E-state index contributed by atoms with van der Waals surface area (Å²) in [5.74, 6) is -1.71. The molecule has 0 fully saturated rings. The molecule has 0 bridgehead atoms. The van der Waals surface area contributed by atoms with E-state index in [4.69, 9.17) is 4.74 Å². The predicted molar refractivity (Wildman–Crippen MR) is 66.6 cm³/mol. The topological polar surface area (TPSA) is 60.8 Å². The zero-order valence-corrected chi connectivity index (χ0v) is 10.7. The number of aromatic nitrogens is 4. The minimum Gasteiger partial charge on any atom is -0.424 e. The minimum atomic E-state index is -4.63. The number of halogens is 4. The van der Waals surface area contributed by atoms with Gasteiger partial charge >= 0.3 is 12.2 Å². The van der Waals surface area contributed by atoms with Gasteiger partial charge in [-0.2, -0.15) is 13.2 Å². The molecule has 2 aromatic heterocycles. The summed E-state index contributed by atoms with van der Waals surface area (Å²) in [6.07, 6.45) is -1.81. The summed E-state index contributed by atoms with van der Waals surface area (Å²) in [6.45, 7) is 0. The van der Waals surface area contributed by atoms with Gasteiger partial charge in [-0.05, 0) is 12.1 Å². The van der Waals surface area contributed by atoms with E-state index in [2.05, 4.69) is 19.9 Å². The number of nitrogens with zero attached hydrogens (tertiary/aromatic N) is 4. The Bertz CT molecular complexity index is 820. The Morgan fingerprint density at radius 2 is 1.68 bits per heavy atom. The van der Waals surface area contributed by atoms with Gasteiger partial charge in [-0.25, -0.2) is 24.3 Å². The molecule has 0 saturated heterocycles. The smallest absolute Gasteiger partial charge is 0.424 e. The highest BCUT2D eigenvalue weighted by molar-refractivity contribution is 5.84. The number of ether oxygens (including phenoxy) is 1. The standard InChI is InChI=1S/C13H6F4N4O/c14-7-4-19-12(20-5-7)22-10-3-1-2-9-8(10)6-18-11(21-9)13(15,16)17/h1-6H. The maximum atomic E-state index is 12.7. The summed E-state index contributed by atoms with van der Waals surface area (Å²) in [7, 11) is 0. The number of benzene rings is 1. The third-order valence-electron chi connectivity index (χ3n) is 2.64. The van der Waals surface area contributed by atoms with E-state index in [0.29, 0.717) is 0 Å². The normalized spacial score (nSPS) is 11.6. The summed E-state index contributed by atoms with van der Waals surface area (Å²) < 4.78 is 55.8. The van der Waals surface area contributed by atoms with Crippen molar-refractivity contribution in [3.8, 4) is 11.8 Å². The minimum absolute atomic E-state index is 0.0573. The van der Waals surface area contributed by atoms with E-state index >= 15 is 0 Å². The number of fused-ring (bicyclic) bond motifs is 1. The third kappa shape index (κ3) is 2.78. The predicted octanol–water partition coefficient (Wildman–Crippen LogP) is 3.37. The number of rotatable bonds is 2. The van der Waals surface area contributed by atoms with E-state index in [-0.39, 0.29) is 22.7 Å². The fourth-order valence-corrected chi connectivity index (χ4v) is 1.71. The van der Waals surface area contributed by atoms with E-state index in [9.17, 15) is 17.6 Å². The first-order chi connectivity index (χ1) is 10.4.